The van der Waals surface area contributed by atoms with Gasteiger partial charge in [-0.3, -0.25) is 4.79 Å². The summed E-state index contributed by atoms with van der Waals surface area (Å²) in [7, 11) is 0. The summed E-state index contributed by atoms with van der Waals surface area (Å²) in [6, 6.07) is 16.2. The number of rotatable bonds is 3. The van der Waals surface area contributed by atoms with Gasteiger partial charge in [0.25, 0.3) is 0 Å². The fourth-order valence-corrected chi connectivity index (χ4v) is 4.43. The van der Waals surface area contributed by atoms with E-state index in [0.717, 1.165) is 49.4 Å². The van der Waals surface area contributed by atoms with Gasteiger partial charge in [0, 0.05) is 24.3 Å². The summed E-state index contributed by atoms with van der Waals surface area (Å²) < 4.78 is 0. The summed E-state index contributed by atoms with van der Waals surface area (Å²) in [5.41, 5.74) is 2.58. The molecule has 1 unspecified atom stereocenters. The highest BCUT2D eigenvalue weighted by molar-refractivity contribution is 5.87. The lowest BCUT2D eigenvalue weighted by molar-refractivity contribution is -0.121. The molecule has 1 N–H and O–H groups in total. The molecular formula is C23H26N4O. The number of aromatic nitrogens is 1. The van der Waals surface area contributed by atoms with E-state index in [-0.39, 0.29) is 17.4 Å². The van der Waals surface area contributed by atoms with E-state index < -0.39 is 0 Å². The number of anilines is 1. The molecule has 0 saturated carbocycles. The van der Waals surface area contributed by atoms with Crippen molar-refractivity contribution < 1.29 is 4.79 Å². The van der Waals surface area contributed by atoms with Gasteiger partial charge in [0.05, 0.1) is 11.5 Å². The minimum Gasteiger partial charge on any atom is -0.355 e. The van der Waals surface area contributed by atoms with Gasteiger partial charge in [-0.25, -0.2) is 4.98 Å². The molecule has 0 aliphatic carbocycles. The first-order valence-electron chi connectivity index (χ1n) is 10.0. The molecule has 2 aromatic rings. The van der Waals surface area contributed by atoms with Crippen molar-refractivity contribution in [1.29, 1.82) is 5.26 Å². The van der Waals surface area contributed by atoms with Crippen LogP contribution in [0.25, 0.3) is 0 Å². The SMILES string of the molecule is CC(C)c1ccc(C#N)c(N2CCC3(CC2)CC(c2ccccc2)C(=O)N3)n1. The zero-order valence-corrected chi connectivity index (χ0v) is 16.5. The van der Waals surface area contributed by atoms with Gasteiger partial charge < -0.3 is 10.2 Å². The highest BCUT2D eigenvalue weighted by atomic mass is 16.2. The number of piperidine rings is 1. The Kier molecular flexibility index (Phi) is 4.80. The van der Waals surface area contributed by atoms with Crippen molar-refractivity contribution in [3.63, 3.8) is 0 Å². The van der Waals surface area contributed by atoms with Crippen LogP contribution in [-0.2, 0) is 4.79 Å². The van der Waals surface area contributed by atoms with Crippen molar-refractivity contribution in [1.82, 2.24) is 10.3 Å². The molecule has 1 aromatic carbocycles. The highest BCUT2D eigenvalue weighted by Gasteiger charge is 2.46. The number of pyridine rings is 1. The molecule has 1 atom stereocenters. The largest absolute Gasteiger partial charge is 0.355 e. The molecule has 5 nitrogen and oxygen atoms in total. The van der Waals surface area contributed by atoms with Gasteiger partial charge in [0.15, 0.2) is 0 Å². The predicted octanol–water partition coefficient (Wildman–Crippen LogP) is 3.72. The lowest BCUT2D eigenvalue weighted by Crippen LogP contribution is -2.51. The molecule has 144 valence electrons. The second kappa shape index (κ2) is 7.27. The quantitative estimate of drug-likeness (QED) is 0.889. The average Bonchev–Trinajstić information content (AvgIpc) is 3.04. The van der Waals surface area contributed by atoms with E-state index >= 15 is 0 Å². The molecule has 28 heavy (non-hydrogen) atoms. The van der Waals surface area contributed by atoms with Crippen LogP contribution in [0.4, 0.5) is 5.82 Å². The van der Waals surface area contributed by atoms with Crippen LogP contribution in [0.1, 0.15) is 61.8 Å². The van der Waals surface area contributed by atoms with E-state index in [1.807, 2.05) is 42.5 Å². The number of benzene rings is 1. The summed E-state index contributed by atoms with van der Waals surface area (Å²) in [4.78, 5) is 19.6. The molecule has 2 fully saturated rings. The lowest BCUT2D eigenvalue weighted by atomic mass is 9.82. The van der Waals surface area contributed by atoms with E-state index in [0.29, 0.717) is 11.5 Å². The zero-order chi connectivity index (χ0) is 19.7. The van der Waals surface area contributed by atoms with Crippen molar-refractivity contribution in [2.75, 3.05) is 18.0 Å². The lowest BCUT2D eigenvalue weighted by Gasteiger charge is -2.40. The monoisotopic (exact) mass is 374 g/mol. The average molecular weight is 374 g/mol. The van der Waals surface area contributed by atoms with Gasteiger partial charge in [-0.05, 0) is 42.9 Å². The van der Waals surface area contributed by atoms with Crippen LogP contribution < -0.4 is 10.2 Å². The van der Waals surface area contributed by atoms with E-state index in [4.69, 9.17) is 4.98 Å². The molecule has 5 heteroatoms. The first-order valence-corrected chi connectivity index (χ1v) is 10.0. The number of carbonyl (C=O) groups excluding carboxylic acids is 1. The van der Waals surface area contributed by atoms with Gasteiger partial charge in [0.1, 0.15) is 11.9 Å². The van der Waals surface area contributed by atoms with Crippen molar-refractivity contribution >= 4 is 11.7 Å². The molecule has 2 aliphatic rings. The van der Waals surface area contributed by atoms with Crippen LogP contribution in [0.3, 0.4) is 0 Å². The minimum absolute atomic E-state index is 0.0650. The Morgan fingerprint density at radius 1 is 1.18 bits per heavy atom. The van der Waals surface area contributed by atoms with Crippen LogP contribution in [0.2, 0.25) is 0 Å². The third-order valence-electron chi connectivity index (χ3n) is 6.13. The predicted molar refractivity (Wildman–Crippen MR) is 109 cm³/mol. The molecule has 4 rings (SSSR count). The van der Waals surface area contributed by atoms with Gasteiger partial charge in [-0.1, -0.05) is 44.2 Å². The summed E-state index contributed by atoms with van der Waals surface area (Å²) in [6.45, 7) is 5.82. The number of nitriles is 1. The van der Waals surface area contributed by atoms with E-state index in [2.05, 4.69) is 30.1 Å². The van der Waals surface area contributed by atoms with E-state index in [9.17, 15) is 10.1 Å². The van der Waals surface area contributed by atoms with Gasteiger partial charge >= 0.3 is 0 Å². The maximum Gasteiger partial charge on any atom is 0.228 e. The van der Waals surface area contributed by atoms with Crippen LogP contribution in [0.15, 0.2) is 42.5 Å². The fourth-order valence-electron chi connectivity index (χ4n) is 4.43. The smallest absolute Gasteiger partial charge is 0.228 e. The number of carbonyl (C=O) groups is 1. The highest BCUT2D eigenvalue weighted by Crippen LogP contribution is 2.40. The van der Waals surface area contributed by atoms with Crippen LogP contribution in [0, 0.1) is 11.3 Å². The van der Waals surface area contributed by atoms with E-state index in [1.165, 1.54) is 0 Å². The first kappa shape index (κ1) is 18.5. The Bertz CT molecular complexity index is 908. The number of nitrogens with one attached hydrogen (secondary N) is 1. The molecular weight excluding hydrogens is 348 g/mol. The number of hydrogen-bond donors (Lipinski definition) is 1. The topological polar surface area (TPSA) is 69.0 Å². The molecule has 3 heterocycles. The van der Waals surface area contributed by atoms with E-state index in [1.54, 1.807) is 0 Å². The van der Waals surface area contributed by atoms with Crippen LogP contribution in [-0.4, -0.2) is 29.5 Å². The Morgan fingerprint density at radius 3 is 2.54 bits per heavy atom. The Hall–Kier alpha value is -2.87. The molecule has 2 saturated heterocycles. The molecule has 0 bridgehead atoms. The van der Waals surface area contributed by atoms with Crippen molar-refractivity contribution in [3.8, 4) is 6.07 Å². The number of nitrogens with zero attached hydrogens (tertiary/aromatic N) is 3. The van der Waals surface area contributed by atoms with Crippen LogP contribution >= 0.6 is 0 Å². The number of hydrogen-bond acceptors (Lipinski definition) is 4. The molecule has 1 aromatic heterocycles. The molecule has 1 amide bonds. The Labute approximate surface area is 166 Å². The number of amides is 1. The summed E-state index contributed by atoms with van der Waals surface area (Å²) >= 11 is 0. The van der Waals surface area contributed by atoms with Gasteiger partial charge in [-0.2, -0.15) is 5.26 Å². The molecule has 1 spiro atoms. The maximum absolute atomic E-state index is 12.6. The summed E-state index contributed by atoms with van der Waals surface area (Å²) in [6.07, 6.45) is 2.59. The third-order valence-corrected chi connectivity index (χ3v) is 6.13. The standard InChI is InChI=1S/C23H26N4O/c1-16(2)20-9-8-18(15-24)21(25-20)27-12-10-23(11-13-27)14-19(22(28)26-23)17-6-4-3-5-7-17/h3-9,16,19H,10-14H2,1-2H3,(H,26,28). The Morgan fingerprint density at radius 2 is 1.89 bits per heavy atom. The second-order valence-electron chi connectivity index (χ2n) is 8.30. The zero-order valence-electron chi connectivity index (χ0n) is 16.5. The maximum atomic E-state index is 12.6. The normalized spacial score (nSPS) is 21.0. The fraction of sp³-hybridized carbons (Fsp3) is 0.435. The summed E-state index contributed by atoms with van der Waals surface area (Å²) in [5, 5.41) is 12.8. The van der Waals surface area contributed by atoms with Crippen molar-refractivity contribution in [2.45, 2.75) is 50.5 Å². The molecule has 2 aliphatic heterocycles. The van der Waals surface area contributed by atoms with Crippen LogP contribution in [0.5, 0.6) is 0 Å². The van der Waals surface area contributed by atoms with Crippen molar-refractivity contribution in [3.05, 3.63) is 59.3 Å². The minimum atomic E-state index is -0.142. The first-order chi connectivity index (χ1) is 13.5. The Balaban J connectivity index is 1.51. The summed E-state index contributed by atoms with van der Waals surface area (Å²) in [5.74, 6) is 1.18. The second-order valence-corrected chi connectivity index (χ2v) is 8.30. The van der Waals surface area contributed by atoms with Gasteiger partial charge in [0.2, 0.25) is 5.91 Å². The molecule has 0 radical (unpaired) electrons. The third kappa shape index (κ3) is 3.35. The van der Waals surface area contributed by atoms with Crippen molar-refractivity contribution in [2.24, 2.45) is 0 Å². The van der Waals surface area contributed by atoms with Gasteiger partial charge in [-0.15, -0.1) is 0 Å².